The van der Waals surface area contributed by atoms with E-state index in [4.69, 9.17) is 16.3 Å². The molecule has 0 bridgehead atoms. The molecule has 4 rings (SSSR count). The first-order chi connectivity index (χ1) is 16.0. The first kappa shape index (κ1) is 24.3. The molecule has 6 nitrogen and oxygen atoms in total. The van der Waals surface area contributed by atoms with E-state index in [0.717, 1.165) is 48.4 Å². The number of benzene rings is 2. The summed E-state index contributed by atoms with van der Waals surface area (Å²) < 4.78 is 5.78. The van der Waals surface area contributed by atoms with E-state index in [1.165, 1.54) is 0 Å². The Hall–Kier alpha value is -3.35. The van der Waals surface area contributed by atoms with E-state index in [2.05, 4.69) is 22.2 Å². The minimum atomic E-state index is 0.343. The first-order valence-electron chi connectivity index (χ1n) is 10.8. The molecule has 2 aromatic rings. The van der Waals surface area contributed by atoms with E-state index in [-0.39, 0.29) is 0 Å². The molecule has 0 radical (unpaired) electrons. The monoisotopic (exact) mass is 464 g/mol. The van der Waals surface area contributed by atoms with Gasteiger partial charge in [0.05, 0.1) is 0 Å². The van der Waals surface area contributed by atoms with Crippen LogP contribution in [0, 0.1) is 0 Å². The highest BCUT2D eigenvalue weighted by Gasteiger charge is 2.15. The average Bonchev–Trinajstić information content (AvgIpc) is 3.35. The van der Waals surface area contributed by atoms with Gasteiger partial charge < -0.3 is 20.3 Å². The second-order valence-corrected chi connectivity index (χ2v) is 7.98. The number of aliphatic imine (C=N–C) groups is 1. The van der Waals surface area contributed by atoms with Crippen molar-refractivity contribution in [1.29, 1.82) is 0 Å². The van der Waals surface area contributed by atoms with Gasteiger partial charge in [-0.2, -0.15) is 0 Å². The number of aldehydes is 1. The Morgan fingerprint density at radius 2 is 2.09 bits per heavy atom. The van der Waals surface area contributed by atoms with E-state index in [0.29, 0.717) is 22.7 Å². The van der Waals surface area contributed by atoms with Gasteiger partial charge in [-0.3, -0.25) is 4.79 Å². The number of hydrogen-bond acceptors (Lipinski definition) is 6. The van der Waals surface area contributed by atoms with Crippen LogP contribution in [-0.2, 0) is 4.79 Å². The van der Waals surface area contributed by atoms with Crippen LogP contribution in [0.1, 0.15) is 12.0 Å². The molecule has 1 atom stereocenters. The Labute approximate surface area is 200 Å². The molecule has 172 valence electrons. The lowest BCUT2D eigenvalue weighted by Crippen LogP contribution is -2.19. The number of anilines is 1. The van der Waals surface area contributed by atoms with Crippen molar-refractivity contribution < 1.29 is 9.53 Å². The maximum absolute atomic E-state index is 10.8. The lowest BCUT2D eigenvalue weighted by Gasteiger charge is -2.21. The summed E-state index contributed by atoms with van der Waals surface area (Å²) in [5.41, 5.74) is 3.23. The lowest BCUT2D eigenvalue weighted by atomic mass is 10.1. The van der Waals surface area contributed by atoms with Crippen LogP contribution in [-0.4, -0.2) is 50.2 Å². The second-order valence-electron chi connectivity index (χ2n) is 7.54. The zero-order chi connectivity index (χ0) is 23.6. The van der Waals surface area contributed by atoms with Crippen LogP contribution in [0.4, 0.5) is 5.69 Å². The average molecular weight is 465 g/mol. The highest BCUT2D eigenvalue weighted by atomic mass is 35.5. The van der Waals surface area contributed by atoms with E-state index in [1.54, 1.807) is 24.4 Å². The van der Waals surface area contributed by atoms with Crippen molar-refractivity contribution in [2.45, 2.75) is 12.5 Å². The SMILES string of the molecule is C=C/C(=C1/N=C(C=O)C=CN1C)c1cccc(Cl)c1.CNc1ccc(OC2CCNC2)cc1. The molecule has 1 saturated heterocycles. The summed E-state index contributed by atoms with van der Waals surface area (Å²) in [6, 6.07) is 15.5. The topological polar surface area (TPSA) is 66.0 Å². The number of rotatable bonds is 6. The number of carbonyl (C=O) groups is 1. The van der Waals surface area contributed by atoms with Crippen LogP contribution in [0.15, 0.2) is 84.3 Å². The number of nitrogens with one attached hydrogen (secondary N) is 2. The summed E-state index contributed by atoms with van der Waals surface area (Å²) in [6.45, 7) is 5.85. The number of nitrogens with zero attached hydrogens (tertiary/aromatic N) is 2. The summed E-state index contributed by atoms with van der Waals surface area (Å²) in [7, 11) is 3.78. The predicted octanol–water partition coefficient (Wildman–Crippen LogP) is 4.76. The summed E-state index contributed by atoms with van der Waals surface area (Å²) >= 11 is 6.00. The maximum Gasteiger partial charge on any atom is 0.168 e. The van der Waals surface area contributed by atoms with Gasteiger partial charge in [0.15, 0.2) is 6.29 Å². The van der Waals surface area contributed by atoms with Crippen molar-refractivity contribution in [3.8, 4) is 5.75 Å². The van der Waals surface area contributed by atoms with E-state index >= 15 is 0 Å². The fourth-order valence-corrected chi connectivity index (χ4v) is 3.62. The Morgan fingerprint density at radius 3 is 2.70 bits per heavy atom. The highest BCUT2D eigenvalue weighted by molar-refractivity contribution is 6.34. The van der Waals surface area contributed by atoms with Crippen LogP contribution in [0.3, 0.4) is 0 Å². The lowest BCUT2D eigenvalue weighted by molar-refractivity contribution is -0.102. The van der Waals surface area contributed by atoms with Crippen molar-refractivity contribution in [3.05, 3.63) is 89.9 Å². The molecule has 7 heteroatoms. The smallest absolute Gasteiger partial charge is 0.168 e. The zero-order valence-corrected chi connectivity index (χ0v) is 19.7. The molecule has 2 aliphatic heterocycles. The van der Waals surface area contributed by atoms with Crippen molar-refractivity contribution >= 4 is 34.9 Å². The Bertz CT molecular complexity index is 1050. The molecule has 2 N–H and O–H groups in total. The molecular weight excluding hydrogens is 436 g/mol. The van der Waals surface area contributed by atoms with Crippen LogP contribution >= 0.6 is 11.6 Å². The summed E-state index contributed by atoms with van der Waals surface area (Å²) in [4.78, 5) is 17.0. The number of carbonyl (C=O) groups excluding carboxylic acids is 1. The van der Waals surface area contributed by atoms with Crippen molar-refractivity contribution in [2.75, 3.05) is 32.5 Å². The molecule has 1 unspecified atom stereocenters. The van der Waals surface area contributed by atoms with E-state index in [1.807, 2.05) is 61.5 Å². The first-order valence-corrected chi connectivity index (χ1v) is 11.1. The van der Waals surface area contributed by atoms with Gasteiger partial charge in [0.2, 0.25) is 0 Å². The summed E-state index contributed by atoms with van der Waals surface area (Å²) in [5.74, 6) is 1.62. The molecule has 2 heterocycles. The maximum atomic E-state index is 10.8. The normalized spacial score (nSPS) is 18.6. The largest absolute Gasteiger partial charge is 0.489 e. The van der Waals surface area contributed by atoms with Gasteiger partial charge in [-0.1, -0.05) is 36.4 Å². The quantitative estimate of drug-likeness (QED) is 0.603. The van der Waals surface area contributed by atoms with Crippen LogP contribution < -0.4 is 15.4 Å². The minimum Gasteiger partial charge on any atom is -0.489 e. The summed E-state index contributed by atoms with van der Waals surface area (Å²) in [6.07, 6.45) is 7.34. The third-order valence-electron chi connectivity index (χ3n) is 5.20. The summed E-state index contributed by atoms with van der Waals surface area (Å²) in [5, 5.41) is 7.00. The van der Waals surface area contributed by atoms with Crippen molar-refractivity contribution in [2.24, 2.45) is 4.99 Å². The van der Waals surface area contributed by atoms with E-state index in [9.17, 15) is 4.79 Å². The van der Waals surface area contributed by atoms with Gasteiger partial charge >= 0.3 is 0 Å². The molecule has 0 aliphatic carbocycles. The van der Waals surface area contributed by atoms with Crippen LogP contribution in [0.25, 0.3) is 5.57 Å². The number of allylic oxidation sites excluding steroid dienone is 3. The zero-order valence-electron chi connectivity index (χ0n) is 18.9. The van der Waals surface area contributed by atoms with Gasteiger partial charge in [0.1, 0.15) is 23.4 Å². The van der Waals surface area contributed by atoms with Crippen molar-refractivity contribution in [1.82, 2.24) is 10.2 Å². The molecule has 0 amide bonds. The second kappa shape index (κ2) is 12.0. The standard InChI is InChI=1S/C15H13ClN2O.C11H16N2O/c1-3-14(11-5-4-6-12(16)9-11)15-17-13(10-19)7-8-18(15)2;1-12-9-2-4-10(5-3-9)14-11-6-7-13-8-11/h3-10H,1H2,2H3;2-5,11-13H,6-8H2,1H3/b15-14+;. The van der Waals surface area contributed by atoms with Crippen molar-refractivity contribution in [3.63, 3.8) is 0 Å². The predicted molar refractivity (Wildman–Crippen MR) is 137 cm³/mol. The Morgan fingerprint density at radius 1 is 1.30 bits per heavy atom. The Balaban J connectivity index is 0.000000194. The van der Waals surface area contributed by atoms with Gasteiger partial charge in [-0.25, -0.2) is 4.99 Å². The molecule has 2 aromatic carbocycles. The third-order valence-corrected chi connectivity index (χ3v) is 5.44. The number of hydrogen-bond donors (Lipinski definition) is 2. The highest BCUT2D eigenvalue weighted by Crippen LogP contribution is 2.26. The molecular formula is C26H29ClN4O2. The number of ether oxygens (including phenoxy) is 1. The van der Waals surface area contributed by atoms with Gasteiger partial charge in [0, 0.05) is 43.1 Å². The molecule has 2 aliphatic rings. The molecule has 0 spiro atoms. The van der Waals surface area contributed by atoms with E-state index < -0.39 is 0 Å². The molecule has 1 fully saturated rings. The van der Waals surface area contributed by atoms with Gasteiger partial charge in [-0.05, 0) is 61.0 Å². The van der Waals surface area contributed by atoms with Crippen LogP contribution in [0.5, 0.6) is 5.75 Å². The Kier molecular flexibility index (Phi) is 8.87. The molecule has 33 heavy (non-hydrogen) atoms. The fourth-order valence-electron chi connectivity index (χ4n) is 3.43. The van der Waals surface area contributed by atoms with Gasteiger partial charge in [-0.15, -0.1) is 0 Å². The van der Waals surface area contributed by atoms with Gasteiger partial charge in [0.25, 0.3) is 0 Å². The van der Waals surface area contributed by atoms with Crippen LogP contribution in [0.2, 0.25) is 5.02 Å². The minimum absolute atomic E-state index is 0.343. The molecule has 0 aromatic heterocycles. The number of halogens is 1. The third kappa shape index (κ3) is 6.81. The fraction of sp³-hybridized carbons (Fsp3) is 0.231. The molecule has 0 saturated carbocycles.